The van der Waals surface area contributed by atoms with Crippen molar-refractivity contribution in [1.82, 2.24) is 0 Å². The lowest BCUT2D eigenvalue weighted by Crippen LogP contribution is -2.59. The standard InChI is InChI=1S/C38H56N2O5/c1-6-7-8-9-10-11-12-13-14-15-16-17-18-19-20-23-28-39-32-25-22-21-24-31(32)37(2,3)38(39)27-26-30-33(45-38)29-34(43-4)35(40(41)42)36(30)44-5/h21-22,24-27,29H,6-20,23,28H2,1-5H3/t38-/m0/s1. The van der Waals surface area contributed by atoms with Crippen LogP contribution in [0.4, 0.5) is 11.4 Å². The normalized spacial score (nSPS) is 17.7. The van der Waals surface area contributed by atoms with Crippen LogP contribution < -0.4 is 19.1 Å². The Bertz CT molecular complexity index is 1290. The average Bonchev–Trinajstić information content (AvgIpc) is 3.21. The first kappa shape index (κ1) is 34.6. The maximum Gasteiger partial charge on any atom is 0.353 e. The second kappa shape index (κ2) is 16.4. The molecule has 0 N–H and O–H groups in total. The lowest BCUT2D eigenvalue weighted by molar-refractivity contribution is -0.386. The zero-order chi connectivity index (χ0) is 32.3. The van der Waals surface area contributed by atoms with Crippen molar-refractivity contribution in [2.45, 2.75) is 135 Å². The van der Waals surface area contributed by atoms with Crippen molar-refractivity contribution in [2.75, 3.05) is 25.7 Å². The van der Waals surface area contributed by atoms with Gasteiger partial charge in [0.05, 0.1) is 30.1 Å². The Kier molecular flexibility index (Phi) is 12.6. The molecular formula is C38H56N2O5. The van der Waals surface area contributed by atoms with Gasteiger partial charge in [0.15, 0.2) is 0 Å². The molecule has 248 valence electrons. The fraction of sp³-hybridized carbons (Fsp3) is 0.632. The molecule has 0 bridgehead atoms. The van der Waals surface area contributed by atoms with E-state index in [2.05, 4.69) is 56.0 Å². The predicted octanol–water partition coefficient (Wildman–Crippen LogP) is 10.8. The summed E-state index contributed by atoms with van der Waals surface area (Å²) in [7, 11) is 2.88. The number of benzene rings is 2. The minimum atomic E-state index is -0.786. The number of fused-ring (bicyclic) bond motifs is 2. The first-order valence-corrected chi connectivity index (χ1v) is 17.5. The van der Waals surface area contributed by atoms with Crippen LogP contribution in [0.2, 0.25) is 0 Å². The minimum Gasteiger partial charge on any atom is -0.490 e. The Morgan fingerprint density at radius 1 is 0.822 bits per heavy atom. The lowest BCUT2D eigenvalue weighted by Gasteiger charge is -2.47. The van der Waals surface area contributed by atoms with E-state index in [0.717, 1.165) is 13.0 Å². The summed E-state index contributed by atoms with van der Waals surface area (Å²) in [6.45, 7) is 7.58. The molecule has 2 aromatic rings. The van der Waals surface area contributed by atoms with Gasteiger partial charge in [0.25, 0.3) is 0 Å². The second-order valence-electron chi connectivity index (χ2n) is 13.4. The highest BCUT2D eigenvalue weighted by atomic mass is 16.6. The molecule has 0 saturated heterocycles. The van der Waals surface area contributed by atoms with Crippen LogP contribution in [-0.4, -0.2) is 31.4 Å². The van der Waals surface area contributed by atoms with Gasteiger partial charge in [-0.3, -0.25) is 10.1 Å². The van der Waals surface area contributed by atoms with E-state index in [0.29, 0.717) is 11.3 Å². The third kappa shape index (κ3) is 7.61. The van der Waals surface area contributed by atoms with E-state index in [4.69, 9.17) is 14.2 Å². The number of hydrogen-bond donors (Lipinski definition) is 0. The van der Waals surface area contributed by atoms with Gasteiger partial charge in [-0.1, -0.05) is 121 Å². The average molecular weight is 621 g/mol. The summed E-state index contributed by atoms with van der Waals surface area (Å²) >= 11 is 0. The van der Waals surface area contributed by atoms with Gasteiger partial charge in [-0.25, -0.2) is 0 Å². The summed E-state index contributed by atoms with van der Waals surface area (Å²) in [6, 6.07) is 10.2. The Morgan fingerprint density at radius 2 is 1.38 bits per heavy atom. The molecule has 2 aliphatic heterocycles. The number of nitrogens with zero attached hydrogens (tertiary/aromatic N) is 2. The second-order valence-corrected chi connectivity index (χ2v) is 13.4. The highest BCUT2D eigenvalue weighted by molar-refractivity contribution is 5.79. The van der Waals surface area contributed by atoms with Crippen LogP contribution in [-0.2, 0) is 5.41 Å². The van der Waals surface area contributed by atoms with E-state index in [1.807, 2.05) is 6.08 Å². The fourth-order valence-electron chi connectivity index (χ4n) is 7.32. The molecule has 0 radical (unpaired) electrons. The van der Waals surface area contributed by atoms with Gasteiger partial charge in [-0.05, 0) is 44.1 Å². The topological polar surface area (TPSA) is 74.1 Å². The number of anilines is 1. The number of para-hydroxylation sites is 1. The molecule has 45 heavy (non-hydrogen) atoms. The van der Waals surface area contributed by atoms with Gasteiger partial charge in [-0.2, -0.15) is 0 Å². The molecular weight excluding hydrogens is 564 g/mol. The Morgan fingerprint density at radius 3 is 1.91 bits per heavy atom. The zero-order valence-corrected chi connectivity index (χ0v) is 28.5. The van der Waals surface area contributed by atoms with Crippen LogP contribution in [0.1, 0.15) is 135 Å². The summed E-state index contributed by atoms with van der Waals surface area (Å²) in [5.41, 5.74) is 1.61. The van der Waals surface area contributed by atoms with Gasteiger partial charge in [0.2, 0.25) is 17.2 Å². The van der Waals surface area contributed by atoms with Crippen molar-refractivity contribution in [3.8, 4) is 17.2 Å². The molecule has 7 nitrogen and oxygen atoms in total. The van der Waals surface area contributed by atoms with E-state index in [9.17, 15) is 10.1 Å². The molecule has 1 spiro atoms. The van der Waals surface area contributed by atoms with E-state index in [1.165, 1.54) is 122 Å². The van der Waals surface area contributed by atoms with Crippen LogP contribution in [0, 0.1) is 10.1 Å². The number of nitro groups is 1. The molecule has 7 heteroatoms. The summed E-state index contributed by atoms with van der Waals surface area (Å²) in [6.07, 6.45) is 25.5. The third-order valence-electron chi connectivity index (χ3n) is 9.97. The van der Waals surface area contributed by atoms with E-state index in [-0.39, 0.29) is 22.6 Å². The van der Waals surface area contributed by atoms with Gasteiger partial charge in [0, 0.05) is 18.3 Å². The Hall–Kier alpha value is -3.22. The fourth-order valence-corrected chi connectivity index (χ4v) is 7.32. The summed E-state index contributed by atoms with van der Waals surface area (Å²) in [5, 5.41) is 11.9. The molecule has 0 fully saturated rings. The molecule has 0 unspecified atom stereocenters. The first-order valence-electron chi connectivity index (χ1n) is 17.5. The third-order valence-corrected chi connectivity index (χ3v) is 9.97. The molecule has 4 rings (SSSR count). The Labute approximate surface area is 271 Å². The molecule has 2 heterocycles. The number of unbranched alkanes of at least 4 members (excludes halogenated alkanes) is 15. The van der Waals surface area contributed by atoms with E-state index < -0.39 is 10.6 Å². The van der Waals surface area contributed by atoms with Crippen molar-refractivity contribution in [2.24, 2.45) is 0 Å². The van der Waals surface area contributed by atoms with Crippen LogP contribution in [0.5, 0.6) is 17.2 Å². The summed E-state index contributed by atoms with van der Waals surface area (Å²) < 4.78 is 17.9. The lowest BCUT2D eigenvalue weighted by atomic mass is 9.76. The van der Waals surface area contributed by atoms with Crippen molar-refractivity contribution < 1.29 is 19.1 Å². The van der Waals surface area contributed by atoms with Gasteiger partial charge in [-0.15, -0.1) is 0 Å². The largest absolute Gasteiger partial charge is 0.490 e. The highest BCUT2D eigenvalue weighted by Crippen LogP contribution is 2.57. The maximum atomic E-state index is 11.9. The smallest absolute Gasteiger partial charge is 0.353 e. The van der Waals surface area contributed by atoms with E-state index >= 15 is 0 Å². The van der Waals surface area contributed by atoms with E-state index in [1.54, 1.807) is 6.07 Å². The maximum absolute atomic E-state index is 11.9. The van der Waals surface area contributed by atoms with Gasteiger partial charge in [0.1, 0.15) is 5.75 Å². The van der Waals surface area contributed by atoms with Crippen LogP contribution in [0.25, 0.3) is 6.08 Å². The summed E-state index contributed by atoms with van der Waals surface area (Å²) in [5.74, 6) is 0.798. The number of methoxy groups -OCH3 is 2. The first-order chi connectivity index (χ1) is 21.8. The van der Waals surface area contributed by atoms with Crippen LogP contribution in [0.3, 0.4) is 0 Å². The number of nitro benzene ring substituents is 1. The van der Waals surface area contributed by atoms with Gasteiger partial charge >= 0.3 is 5.69 Å². The molecule has 2 aromatic carbocycles. The zero-order valence-electron chi connectivity index (χ0n) is 28.5. The highest BCUT2D eigenvalue weighted by Gasteiger charge is 2.59. The monoisotopic (exact) mass is 620 g/mol. The molecule has 2 aliphatic rings. The molecule has 0 amide bonds. The molecule has 0 aromatic heterocycles. The van der Waals surface area contributed by atoms with Crippen molar-refractivity contribution in [3.63, 3.8) is 0 Å². The van der Waals surface area contributed by atoms with Crippen LogP contribution in [0.15, 0.2) is 36.4 Å². The number of ether oxygens (including phenoxy) is 3. The molecule has 0 saturated carbocycles. The predicted molar refractivity (Wildman–Crippen MR) is 185 cm³/mol. The van der Waals surface area contributed by atoms with Crippen molar-refractivity contribution >= 4 is 17.5 Å². The Balaban J connectivity index is 1.32. The quantitative estimate of drug-likeness (QED) is 0.0833. The molecule has 0 aliphatic carbocycles. The summed E-state index contributed by atoms with van der Waals surface area (Å²) in [4.78, 5) is 13.8. The van der Waals surface area contributed by atoms with Crippen molar-refractivity contribution in [3.05, 3.63) is 57.6 Å². The molecule has 1 atom stereocenters. The van der Waals surface area contributed by atoms with Crippen molar-refractivity contribution in [1.29, 1.82) is 0 Å². The number of hydrogen-bond acceptors (Lipinski definition) is 6. The minimum absolute atomic E-state index is 0.124. The SMILES string of the molecule is CCCCCCCCCCCCCCCCCCN1c2ccccc2C(C)(C)[C@@]12C=Cc1c(cc(OC)c([N+](=O)[O-])c1OC)O2. The van der Waals surface area contributed by atoms with Gasteiger partial charge < -0.3 is 19.1 Å². The number of rotatable bonds is 20. The van der Waals surface area contributed by atoms with Crippen LogP contribution >= 0.6 is 0 Å².